The van der Waals surface area contributed by atoms with Crippen LogP contribution in [0.3, 0.4) is 0 Å². The lowest BCUT2D eigenvalue weighted by Crippen LogP contribution is -2.12. The van der Waals surface area contributed by atoms with Gasteiger partial charge in [-0.05, 0) is 49.7 Å². The first-order chi connectivity index (χ1) is 9.65. The Bertz CT molecular complexity index is 777. The lowest BCUT2D eigenvalue weighted by molar-refractivity contribution is 0.0996. The number of nitrogens with one attached hydrogen (secondary N) is 1. The van der Waals surface area contributed by atoms with Crippen LogP contribution in [0.15, 0.2) is 47.1 Å². The Morgan fingerprint density at radius 2 is 2.00 bits per heavy atom. The molecular weight excluding hydrogens is 252 g/mol. The standard InChI is InChI=1S/C16H14N2O2/c1-10-5-8-13-12(7-6-11(2)17-13)15(10)18-16(19)14-4-3-9-20-14/h3-9H,1-2H3,(H,18,19). The van der Waals surface area contributed by atoms with Gasteiger partial charge in [0.1, 0.15) is 0 Å². The minimum Gasteiger partial charge on any atom is -0.459 e. The second kappa shape index (κ2) is 4.81. The van der Waals surface area contributed by atoms with Crippen molar-refractivity contribution in [2.45, 2.75) is 13.8 Å². The van der Waals surface area contributed by atoms with Gasteiger partial charge in [0, 0.05) is 11.1 Å². The van der Waals surface area contributed by atoms with Gasteiger partial charge in [0.2, 0.25) is 0 Å². The summed E-state index contributed by atoms with van der Waals surface area (Å²) < 4.78 is 5.11. The predicted molar refractivity (Wildman–Crippen MR) is 77.9 cm³/mol. The van der Waals surface area contributed by atoms with E-state index in [9.17, 15) is 4.79 Å². The highest BCUT2D eigenvalue weighted by Crippen LogP contribution is 2.26. The molecule has 0 saturated heterocycles. The number of aromatic nitrogens is 1. The average Bonchev–Trinajstić information content (AvgIpc) is 2.96. The van der Waals surface area contributed by atoms with Gasteiger partial charge < -0.3 is 9.73 Å². The van der Waals surface area contributed by atoms with Crippen LogP contribution >= 0.6 is 0 Å². The van der Waals surface area contributed by atoms with Gasteiger partial charge in [0.15, 0.2) is 5.76 Å². The molecule has 4 nitrogen and oxygen atoms in total. The van der Waals surface area contributed by atoms with Gasteiger partial charge in [-0.15, -0.1) is 0 Å². The largest absolute Gasteiger partial charge is 0.459 e. The minimum absolute atomic E-state index is 0.258. The molecule has 0 spiro atoms. The van der Waals surface area contributed by atoms with Crippen molar-refractivity contribution >= 4 is 22.5 Å². The van der Waals surface area contributed by atoms with E-state index in [-0.39, 0.29) is 5.91 Å². The summed E-state index contributed by atoms with van der Waals surface area (Å²) in [6, 6.07) is 11.1. The lowest BCUT2D eigenvalue weighted by atomic mass is 10.1. The summed E-state index contributed by atoms with van der Waals surface area (Å²) in [5.41, 5.74) is 3.58. The van der Waals surface area contributed by atoms with Crippen molar-refractivity contribution in [3.8, 4) is 0 Å². The molecule has 3 rings (SSSR count). The number of amides is 1. The van der Waals surface area contributed by atoms with Gasteiger partial charge in [-0.1, -0.05) is 6.07 Å². The second-order valence-electron chi connectivity index (χ2n) is 4.71. The third kappa shape index (κ3) is 2.16. The third-order valence-corrected chi connectivity index (χ3v) is 3.20. The lowest BCUT2D eigenvalue weighted by Gasteiger charge is -2.11. The molecule has 1 N–H and O–H groups in total. The average molecular weight is 266 g/mol. The van der Waals surface area contributed by atoms with Crippen LogP contribution in [0.1, 0.15) is 21.8 Å². The normalized spacial score (nSPS) is 10.7. The smallest absolute Gasteiger partial charge is 0.291 e. The number of carbonyl (C=O) groups is 1. The van der Waals surface area contributed by atoms with Crippen molar-refractivity contribution in [3.63, 3.8) is 0 Å². The first kappa shape index (κ1) is 12.4. The summed E-state index contributed by atoms with van der Waals surface area (Å²) in [5, 5.41) is 3.83. The fraction of sp³-hybridized carbons (Fsp3) is 0.125. The number of anilines is 1. The summed E-state index contributed by atoms with van der Waals surface area (Å²) in [5.74, 6) is 0.0349. The van der Waals surface area contributed by atoms with Crippen LogP contribution in [-0.2, 0) is 0 Å². The second-order valence-corrected chi connectivity index (χ2v) is 4.71. The SMILES string of the molecule is Cc1ccc2c(NC(=O)c3ccco3)c(C)ccc2n1. The zero-order valence-electron chi connectivity index (χ0n) is 11.3. The fourth-order valence-corrected chi connectivity index (χ4v) is 2.16. The summed E-state index contributed by atoms with van der Waals surface area (Å²) >= 11 is 0. The molecule has 0 unspecified atom stereocenters. The molecule has 2 aromatic heterocycles. The molecule has 0 bridgehead atoms. The zero-order valence-corrected chi connectivity index (χ0v) is 11.3. The Hall–Kier alpha value is -2.62. The third-order valence-electron chi connectivity index (χ3n) is 3.20. The van der Waals surface area contributed by atoms with Gasteiger partial charge >= 0.3 is 0 Å². The molecule has 0 saturated carbocycles. The highest BCUT2D eigenvalue weighted by molar-refractivity contribution is 6.08. The number of furan rings is 1. The molecule has 0 fully saturated rings. The van der Waals surface area contributed by atoms with Crippen molar-refractivity contribution in [2.24, 2.45) is 0 Å². The maximum absolute atomic E-state index is 12.1. The van der Waals surface area contributed by atoms with Crippen LogP contribution in [-0.4, -0.2) is 10.9 Å². The number of nitrogens with zero attached hydrogens (tertiary/aromatic N) is 1. The van der Waals surface area contributed by atoms with Gasteiger partial charge in [-0.25, -0.2) is 0 Å². The molecule has 1 aromatic carbocycles. The van der Waals surface area contributed by atoms with E-state index in [4.69, 9.17) is 4.42 Å². The quantitative estimate of drug-likeness (QED) is 0.769. The van der Waals surface area contributed by atoms with Crippen molar-refractivity contribution in [2.75, 3.05) is 5.32 Å². The molecular formula is C16H14N2O2. The topological polar surface area (TPSA) is 55.1 Å². The Morgan fingerprint density at radius 1 is 1.15 bits per heavy atom. The van der Waals surface area contributed by atoms with E-state index in [2.05, 4.69) is 10.3 Å². The van der Waals surface area contributed by atoms with Gasteiger partial charge in [-0.2, -0.15) is 0 Å². The maximum atomic E-state index is 12.1. The minimum atomic E-state index is -0.258. The van der Waals surface area contributed by atoms with Crippen molar-refractivity contribution in [3.05, 3.63) is 59.7 Å². The molecule has 0 radical (unpaired) electrons. The first-order valence-electron chi connectivity index (χ1n) is 6.37. The molecule has 0 aliphatic rings. The Morgan fingerprint density at radius 3 is 2.75 bits per heavy atom. The Kier molecular flexibility index (Phi) is 2.99. The fourth-order valence-electron chi connectivity index (χ4n) is 2.16. The number of carbonyl (C=O) groups excluding carboxylic acids is 1. The molecule has 0 atom stereocenters. The molecule has 100 valence electrons. The number of fused-ring (bicyclic) bond motifs is 1. The highest BCUT2D eigenvalue weighted by atomic mass is 16.3. The van der Waals surface area contributed by atoms with Crippen LogP contribution < -0.4 is 5.32 Å². The number of pyridine rings is 1. The molecule has 0 aliphatic carbocycles. The monoisotopic (exact) mass is 266 g/mol. The predicted octanol–water partition coefficient (Wildman–Crippen LogP) is 3.70. The summed E-state index contributed by atoms with van der Waals surface area (Å²) in [4.78, 5) is 16.6. The number of hydrogen-bond donors (Lipinski definition) is 1. The molecule has 2 heterocycles. The summed E-state index contributed by atoms with van der Waals surface area (Å²) in [6.45, 7) is 3.90. The molecule has 3 aromatic rings. The van der Waals surface area contributed by atoms with Crippen molar-refractivity contribution in [1.29, 1.82) is 0 Å². The Labute approximate surface area is 116 Å². The van der Waals surface area contributed by atoms with E-state index in [1.165, 1.54) is 6.26 Å². The van der Waals surface area contributed by atoms with Crippen molar-refractivity contribution < 1.29 is 9.21 Å². The van der Waals surface area contributed by atoms with E-state index < -0.39 is 0 Å². The van der Waals surface area contributed by atoms with E-state index >= 15 is 0 Å². The van der Waals surface area contributed by atoms with Crippen LogP contribution in [0, 0.1) is 13.8 Å². The van der Waals surface area contributed by atoms with E-state index in [0.717, 1.165) is 27.8 Å². The zero-order chi connectivity index (χ0) is 14.1. The summed E-state index contributed by atoms with van der Waals surface area (Å²) in [6.07, 6.45) is 1.48. The molecule has 0 aliphatic heterocycles. The van der Waals surface area contributed by atoms with Crippen LogP contribution in [0.25, 0.3) is 10.9 Å². The number of hydrogen-bond acceptors (Lipinski definition) is 3. The van der Waals surface area contributed by atoms with Crippen LogP contribution in [0.4, 0.5) is 5.69 Å². The van der Waals surface area contributed by atoms with Crippen molar-refractivity contribution in [1.82, 2.24) is 4.98 Å². The van der Waals surface area contributed by atoms with E-state index in [1.54, 1.807) is 12.1 Å². The van der Waals surface area contributed by atoms with Gasteiger partial charge in [0.25, 0.3) is 5.91 Å². The number of aryl methyl sites for hydroxylation is 2. The van der Waals surface area contributed by atoms with Crippen LogP contribution in [0.2, 0.25) is 0 Å². The molecule has 1 amide bonds. The number of benzene rings is 1. The van der Waals surface area contributed by atoms with E-state index in [0.29, 0.717) is 5.76 Å². The first-order valence-corrected chi connectivity index (χ1v) is 6.37. The Balaban J connectivity index is 2.06. The van der Waals surface area contributed by atoms with Gasteiger partial charge in [-0.3, -0.25) is 9.78 Å². The maximum Gasteiger partial charge on any atom is 0.291 e. The van der Waals surface area contributed by atoms with E-state index in [1.807, 2.05) is 38.1 Å². The highest BCUT2D eigenvalue weighted by Gasteiger charge is 2.13. The molecule has 4 heteroatoms. The summed E-state index contributed by atoms with van der Waals surface area (Å²) in [7, 11) is 0. The molecule has 20 heavy (non-hydrogen) atoms. The van der Waals surface area contributed by atoms with Crippen LogP contribution in [0.5, 0.6) is 0 Å². The number of rotatable bonds is 2. The van der Waals surface area contributed by atoms with Gasteiger partial charge in [0.05, 0.1) is 17.5 Å².